The molecule has 0 atom stereocenters. The van der Waals surface area contributed by atoms with Gasteiger partial charge < -0.3 is 24.0 Å². The standard InChI is InChI=1S/C32H37N3O4/c1-8-35(9-2)32(36)25-18-24(15-16-27(25)39-20-23-13-11-10-12-14-23)34(5)26-19-28(37-6)30-29(31(26)38-7)21(3)17-22(4)33-30/h10-19H,8-9,20H2,1-7H3. The molecule has 0 aliphatic heterocycles. The van der Waals surface area contributed by atoms with Crippen molar-refractivity contribution >= 4 is 28.2 Å². The highest BCUT2D eigenvalue weighted by atomic mass is 16.5. The number of pyridine rings is 1. The lowest BCUT2D eigenvalue weighted by molar-refractivity contribution is 0.0768. The van der Waals surface area contributed by atoms with E-state index in [0.29, 0.717) is 42.5 Å². The van der Waals surface area contributed by atoms with Crippen LogP contribution in [0.2, 0.25) is 0 Å². The van der Waals surface area contributed by atoms with Gasteiger partial charge in [-0.1, -0.05) is 30.3 Å². The fraction of sp³-hybridized carbons (Fsp3) is 0.312. The predicted molar refractivity (Wildman–Crippen MR) is 157 cm³/mol. The SMILES string of the molecule is CCN(CC)C(=O)c1cc(N(C)c2cc(OC)c3nc(C)cc(C)c3c2OC)ccc1OCc1ccccc1. The van der Waals surface area contributed by atoms with E-state index < -0.39 is 0 Å². The number of anilines is 2. The second kappa shape index (κ2) is 12.1. The van der Waals surface area contributed by atoms with Crippen molar-refractivity contribution in [3.63, 3.8) is 0 Å². The number of rotatable bonds is 10. The van der Waals surface area contributed by atoms with Gasteiger partial charge in [-0.05, 0) is 63.1 Å². The summed E-state index contributed by atoms with van der Waals surface area (Å²) in [7, 11) is 5.25. The number of fused-ring (bicyclic) bond motifs is 1. The molecule has 0 bridgehead atoms. The molecule has 0 unspecified atom stereocenters. The van der Waals surface area contributed by atoms with Gasteiger partial charge in [0, 0.05) is 37.6 Å². The van der Waals surface area contributed by atoms with E-state index in [9.17, 15) is 4.79 Å². The molecule has 0 aliphatic carbocycles. The van der Waals surface area contributed by atoms with Crippen LogP contribution in [0.1, 0.15) is 41.0 Å². The van der Waals surface area contributed by atoms with Crippen molar-refractivity contribution in [3.05, 3.63) is 83.0 Å². The first kappa shape index (κ1) is 27.8. The minimum atomic E-state index is -0.0723. The number of amides is 1. The van der Waals surface area contributed by atoms with E-state index in [4.69, 9.17) is 19.2 Å². The zero-order valence-corrected chi connectivity index (χ0v) is 23.9. The van der Waals surface area contributed by atoms with Crippen molar-refractivity contribution in [2.24, 2.45) is 0 Å². The Kier molecular flexibility index (Phi) is 8.59. The third kappa shape index (κ3) is 5.62. The molecule has 3 aromatic carbocycles. The van der Waals surface area contributed by atoms with E-state index >= 15 is 0 Å². The Morgan fingerprint density at radius 1 is 0.897 bits per heavy atom. The zero-order chi connectivity index (χ0) is 28.1. The zero-order valence-electron chi connectivity index (χ0n) is 23.9. The summed E-state index contributed by atoms with van der Waals surface area (Å²) in [6.07, 6.45) is 0. The van der Waals surface area contributed by atoms with E-state index in [1.807, 2.05) is 100 Å². The molecule has 0 aliphatic rings. The van der Waals surface area contributed by atoms with Crippen molar-refractivity contribution < 1.29 is 19.0 Å². The number of hydrogen-bond donors (Lipinski definition) is 0. The lowest BCUT2D eigenvalue weighted by Gasteiger charge is -2.26. The van der Waals surface area contributed by atoms with E-state index in [1.165, 1.54) is 0 Å². The van der Waals surface area contributed by atoms with Crippen LogP contribution in [0.3, 0.4) is 0 Å². The first-order chi connectivity index (χ1) is 18.8. The molecule has 7 nitrogen and oxygen atoms in total. The number of aromatic nitrogens is 1. The summed E-state index contributed by atoms with van der Waals surface area (Å²) in [4.78, 5) is 22.1. The molecule has 0 saturated carbocycles. The Hall–Kier alpha value is -4.26. The van der Waals surface area contributed by atoms with Gasteiger partial charge in [-0.2, -0.15) is 0 Å². The largest absolute Gasteiger partial charge is 0.494 e. The lowest BCUT2D eigenvalue weighted by atomic mass is 10.0. The fourth-order valence-corrected chi connectivity index (χ4v) is 4.87. The molecule has 1 aromatic heterocycles. The van der Waals surface area contributed by atoms with Crippen molar-refractivity contribution in [1.29, 1.82) is 0 Å². The molecule has 1 heterocycles. The average molecular weight is 528 g/mol. The van der Waals surface area contributed by atoms with Gasteiger partial charge in [0.2, 0.25) is 0 Å². The smallest absolute Gasteiger partial charge is 0.257 e. The van der Waals surface area contributed by atoms with Crippen molar-refractivity contribution in [3.8, 4) is 17.2 Å². The van der Waals surface area contributed by atoms with Crippen LogP contribution in [-0.4, -0.2) is 50.1 Å². The molecule has 4 aromatic rings. The number of carbonyl (C=O) groups excluding carboxylic acids is 1. The second-order valence-electron chi connectivity index (χ2n) is 9.43. The number of carbonyl (C=O) groups is 1. The van der Waals surface area contributed by atoms with Gasteiger partial charge in [0.05, 0.1) is 30.9 Å². The van der Waals surface area contributed by atoms with Crippen LogP contribution in [-0.2, 0) is 6.61 Å². The van der Waals surface area contributed by atoms with Gasteiger partial charge in [0.25, 0.3) is 5.91 Å². The topological polar surface area (TPSA) is 64.1 Å². The summed E-state index contributed by atoms with van der Waals surface area (Å²) in [6.45, 7) is 9.55. The first-order valence-corrected chi connectivity index (χ1v) is 13.2. The van der Waals surface area contributed by atoms with Crippen LogP contribution in [0.25, 0.3) is 10.9 Å². The molecule has 7 heteroatoms. The van der Waals surface area contributed by atoms with Gasteiger partial charge >= 0.3 is 0 Å². The predicted octanol–water partition coefficient (Wildman–Crippen LogP) is 6.70. The quantitative estimate of drug-likeness (QED) is 0.229. The minimum Gasteiger partial charge on any atom is -0.494 e. The monoisotopic (exact) mass is 527 g/mol. The highest BCUT2D eigenvalue weighted by Crippen LogP contribution is 2.44. The summed E-state index contributed by atoms with van der Waals surface area (Å²) in [5.74, 6) is 1.82. The highest BCUT2D eigenvalue weighted by Gasteiger charge is 2.23. The number of aryl methyl sites for hydroxylation is 2. The van der Waals surface area contributed by atoms with Crippen LogP contribution in [0.5, 0.6) is 17.2 Å². The number of methoxy groups -OCH3 is 2. The van der Waals surface area contributed by atoms with Gasteiger partial charge in [-0.25, -0.2) is 4.98 Å². The maximum atomic E-state index is 13.6. The van der Waals surface area contributed by atoms with Crippen LogP contribution < -0.4 is 19.1 Å². The summed E-state index contributed by atoms with van der Waals surface area (Å²) in [5.41, 5.74) is 5.87. The molecule has 0 saturated heterocycles. The van der Waals surface area contributed by atoms with Crippen LogP contribution >= 0.6 is 0 Å². The van der Waals surface area contributed by atoms with E-state index in [2.05, 4.69) is 0 Å². The number of benzene rings is 3. The van der Waals surface area contributed by atoms with Gasteiger partial charge in [0.15, 0.2) is 5.75 Å². The van der Waals surface area contributed by atoms with Crippen molar-refractivity contribution in [2.45, 2.75) is 34.3 Å². The van der Waals surface area contributed by atoms with Crippen LogP contribution in [0.15, 0.2) is 60.7 Å². The second-order valence-corrected chi connectivity index (χ2v) is 9.43. The molecule has 0 fully saturated rings. The molecule has 0 spiro atoms. The summed E-state index contributed by atoms with van der Waals surface area (Å²) < 4.78 is 17.9. The molecule has 0 N–H and O–H groups in total. The third-order valence-corrected chi connectivity index (χ3v) is 6.96. The number of nitrogens with zero attached hydrogens (tertiary/aromatic N) is 3. The molecule has 1 amide bonds. The lowest BCUT2D eigenvalue weighted by Crippen LogP contribution is -2.31. The highest BCUT2D eigenvalue weighted by molar-refractivity contribution is 6.00. The molecular weight excluding hydrogens is 490 g/mol. The van der Waals surface area contributed by atoms with Crippen molar-refractivity contribution in [2.75, 3.05) is 39.3 Å². The Morgan fingerprint density at radius 3 is 2.26 bits per heavy atom. The van der Waals surface area contributed by atoms with Gasteiger partial charge in [-0.3, -0.25) is 4.79 Å². The summed E-state index contributed by atoms with van der Waals surface area (Å²) in [6, 6.07) is 19.6. The maximum absolute atomic E-state index is 13.6. The molecular formula is C32H37N3O4. The first-order valence-electron chi connectivity index (χ1n) is 13.2. The average Bonchev–Trinajstić information content (AvgIpc) is 2.95. The molecule has 204 valence electrons. The summed E-state index contributed by atoms with van der Waals surface area (Å²) in [5, 5.41) is 0.895. The number of hydrogen-bond acceptors (Lipinski definition) is 6. The Morgan fingerprint density at radius 2 is 1.62 bits per heavy atom. The molecule has 4 rings (SSSR count). The minimum absolute atomic E-state index is 0.0723. The van der Waals surface area contributed by atoms with Crippen LogP contribution in [0.4, 0.5) is 11.4 Å². The van der Waals surface area contributed by atoms with E-state index in [-0.39, 0.29) is 5.91 Å². The van der Waals surface area contributed by atoms with Crippen LogP contribution in [0, 0.1) is 13.8 Å². The fourth-order valence-electron chi connectivity index (χ4n) is 4.87. The molecule has 0 radical (unpaired) electrons. The Balaban J connectivity index is 1.82. The summed E-state index contributed by atoms with van der Waals surface area (Å²) >= 11 is 0. The Bertz CT molecular complexity index is 1470. The number of ether oxygens (including phenoxy) is 3. The van der Waals surface area contributed by atoms with E-state index in [1.54, 1.807) is 19.1 Å². The van der Waals surface area contributed by atoms with Gasteiger partial charge in [0.1, 0.15) is 23.6 Å². The van der Waals surface area contributed by atoms with Gasteiger partial charge in [-0.15, -0.1) is 0 Å². The molecule has 39 heavy (non-hydrogen) atoms. The third-order valence-electron chi connectivity index (χ3n) is 6.96. The maximum Gasteiger partial charge on any atom is 0.257 e. The Labute approximate surface area is 230 Å². The van der Waals surface area contributed by atoms with E-state index in [0.717, 1.165) is 39.1 Å². The van der Waals surface area contributed by atoms with Crippen molar-refractivity contribution in [1.82, 2.24) is 9.88 Å². The normalized spacial score (nSPS) is 10.8.